The standard InChI is InChI=1S/C27H36F4N2O5S/c1-5-12-26(2,3)33(22-10-7-9-21(28)16-22)18-23(34)17-32(4)39(37,38)24-14-19(8-6-11-25(35)36)13-20(15-24)27(29,30)31/h7,9-10,13-16,23,34H,5-6,8,11-12,17-18H2,1-4H3,(H,35,36)/t23-/m0/s1. The van der Waals surface area contributed by atoms with Crippen LogP contribution in [0.5, 0.6) is 0 Å². The number of aliphatic hydroxyl groups is 1. The van der Waals surface area contributed by atoms with Crippen molar-refractivity contribution in [1.29, 1.82) is 0 Å². The number of aryl methyl sites for hydroxylation is 1. The van der Waals surface area contributed by atoms with Crippen LogP contribution in [0.4, 0.5) is 23.2 Å². The Morgan fingerprint density at radius 2 is 1.74 bits per heavy atom. The smallest absolute Gasteiger partial charge is 0.416 e. The number of alkyl halides is 3. The first-order valence-corrected chi connectivity index (χ1v) is 14.0. The molecule has 0 aromatic heterocycles. The lowest BCUT2D eigenvalue weighted by Crippen LogP contribution is -2.50. The van der Waals surface area contributed by atoms with Crippen molar-refractivity contribution in [3.05, 3.63) is 59.4 Å². The zero-order chi connectivity index (χ0) is 29.6. The van der Waals surface area contributed by atoms with E-state index in [9.17, 15) is 35.9 Å². The molecule has 0 saturated carbocycles. The molecule has 2 rings (SSSR count). The summed E-state index contributed by atoms with van der Waals surface area (Å²) in [5, 5.41) is 19.7. The van der Waals surface area contributed by atoms with Crippen molar-refractivity contribution in [2.45, 2.75) is 75.6 Å². The summed E-state index contributed by atoms with van der Waals surface area (Å²) >= 11 is 0. The van der Waals surface area contributed by atoms with Crippen LogP contribution in [0.2, 0.25) is 0 Å². The average molecular weight is 577 g/mol. The zero-order valence-electron chi connectivity index (χ0n) is 22.5. The van der Waals surface area contributed by atoms with Gasteiger partial charge in [-0.3, -0.25) is 4.79 Å². The zero-order valence-corrected chi connectivity index (χ0v) is 23.3. The highest BCUT2D eigenvalue weighted by Gasteiger charge is 2.34. The summed E-state index contributed by atoms with van der Waals surface area (Å²) in [6.07, 6.45) is -4.88. The van der Waals surface area contributed by atoms with Crippen LogP contribution in [0.15, 0.2) is 47.4 Å². The van der Waals surface area contributed by atoms with Crippen LogP contribution >= 0.6 is 0 Å². The van der Waals surface area contributed by atoms with Crippen LogP contribution in [0.1, 0.15) is 57.6 Å². The van der Waals surface area contributed by atoms with Gasteiger partial charge in [0.05, 0.1) is 16.6 Å². The van der Waals surface area contributed by atoms with E-state index in [0.29, 0.717) is 18.2 Å². The number of hydrogen-bond donors (Lipinski definition) is 2. The molecule has 0 aliphatic carbocycles. The molecule has 0 spiro atoms. The van der Waals surface area contributed by atoms with E-state index >= 15 is 0 Å². The molecular weight excluding hydrogens is 540 g/mol. The maximum Gasteiger partial charge on any atom is 0.416 e. The third-order valence-electron chi connectivity index (χ3n) is 6.43. The molecule has 0 aliphatic heterocycles. The number of hydrogen-bond acceptors (Lipinski definition) is 5. The predicted molar refractivity (Wildman–Crippen MR) is 141 cm³/mol. The van der Waals surface area contributed by atoms with Crippen LogP contribution in [-0.2, 0) is 27.4 Å². The number of benzene rings is 2. The number of anilines is 1. The van der Waals surface area contributed by atoms with Crippen molar-refractivity contribution < 1.29 is 41.0 Å². The van der Waals surface area contributed by atoms with Crippen molar-refractivity contribution in [3.63, 3.8) is 0 Å². The molecule has 0 saturated heterocycles. The van der Waals surface area contributed by atoms with E-state index < -0.39 is 56.6 Å². The first-order chi connectivity index (χ1) is 18.0. The van der Waals surface area contributed by atoms with Gasteiger partial charge in [0.15, 0.2) is 0 Å². The van der Waals surface area contributed by atoms with Crippen LogP contribution in [0.3, 0.4) is 0 Å². The van der Waals surface area contributed by atoms with Gasteiger partial charge in [0.1, 0.15) is 5.82 Å². The first-order valence-electron chi connectivity index (χ1n) is 12.6. The van der Waals surface area contributed by atoms with Crippen LogP contribution in [0, 0.1) is 5.82 Å². The van der Waals surface area contributed by atoms with Gasteiger partial charge >= 0.3 is 12.1 Å². The second-order valence-electron chi connectivity index (χ2n) is 10.2. The minimum atomic E-state index is -4.82. The fourth-order valence-electron chi connectivity index (χ4n) is 4.50. The molecule has 2 aromatic carbocycles. The quantitative estimate of drug-likeness (QED) is 0.296. The SMILES string of the molecule is CCCC(C)(C)N(C[C@@H](O)CN(C)S(=O)(=O)c1cc(CCCC(=O)O)cc(C(F)(F)F)c1)c1cccc(F)c1. The molecule has 218 valence electrons. The molecule has 7 nitrogen and oxygen atoms in total. The number of aliphatic hydroxyl groups excluding tert-OH is 1. The predicted octanol–water partition coefficient (Wildman–Crippen LogP) is 5.32. The number of halogens is 4. The lowest BCUT2D eigenvalue weighted by atomic mass is 9.95. The van der Waals surface area contributed by atoms with Gasteiger partial charge in [-0.25, -0.2) is 12.8 Å². The molecule has 2 aromatic rings. The fraction of sp³-hybridized carbons (Fsp3) is 0.519. The first kappa shape index (κ1) is 32.5. The van der Waals surface area contributed by atoms with E-state index in [1.54, 1.807) is 11.0 Å². The average Bonchev–Trinajstić information content (AvgIpc) is 2.81. The Kier molecular flexibility index (Phi) is 10.9. The fourth-order valence-corrected chi connectivity index (χ4v) is 5.80. The second-order valence-corrected chi connectivity index (χ2v) is 12.2. The Morgan fingerprint density at radius 1 is 1.08 bits per heavy atom. The van der Waals surface area contributed by atoms with Gasteiger partial charge in [-0.05, 0) is 75.1 Å². The van der Waals surface area contributed by atoms with Crippen LogP contribution in [0.25, 0.3) is 0 Å². The Labute approximate surface area is 227 Å². The normalized spacial score (nSPS) is 13.5. The summed E-state index contributed by atoms with van der Waals surface area (Å²) < 4.78 is 81.9. The third kappa shape index (κ3) is 9.18. The minimum Gasteiger partial charge on any atom is -0.481 e. The number of rotatable bonds is 14. The van der Waals surface area contributed by atoms with Gasteiger partial charge < -0.3 is 15.1 Å². The third-order valence-corrected chi connectivity index (χ3v) is 8.23. The molecule has 0 unspecified atom stereocenters. The van der Waals surface area contributed by atoms with Gasteiger partial charge in [-0.1, -0.05) is 19.4 Å². The summed E-state index contributed by atoms with van der Waals surface area (Å²) in [5.41, 5.74) is -1.15. The lowest BCUT2D eigenvalue weighted by Gasteiger charge is -2.42. The largest absolute Gasteiger partial charge is 0.481 e. The molecule has 0 radical (unpaired) electrons. The van der Waals surface area contributed by atoms with Crippen molar-refractivity contribution >= 4 is 21.7 Å². The number of carboxylic acid groups (broad SMARTS) is 1. The summed E-state index contributed by atoms with van der Waals surface area (Å²) in [6, 6.07) is 8.26. The summed E-state index contributed by atoms with van der Waals surface area (Å²) in [4.78, 5) is 12.0. The van der Waals surface area contributed by atoms with Crippen molar-refractivity contribution in [2.24, 2.45) is 0 Å². The van der Waals surface area contributed by atoms with Crippen molar-refractivity contribution in [2.75, 3.05) is 25.0 Å². The molecule has 12 heteroatoms. The van der Waals surface area contributed by atoms with Crippen molar-refractivity contribution in [3.8, 4) is 0 Å². The highest BCUT2D eigenvalue weighted by atomic mass is 32.2. The van der Waals surface area contributed by atoms with E-state index in [1.165, 1.54) is 18.2 Å². The summed E-state index contributed by atoms with van der Waals surface area (Å²) in [7, 11) is -3.30. The van der Waals surface area contributed by atoms with E-state index in [1.807, 2.05) is 20.8 Å². The molecule has 0 fully saturated rings. The second kappa shape index (κ2) is 13.1. The number of carboxylic acids is 1. The number of likely N-dealkylation sites (N-methyl/N-ethyl adjacent to an activating group) is 1. The van der Waals surface area contributed by atoms with Crippen LogP contribution < -0.4 is 4.90 Å². The molecule has 0 amide bonds. The van der Waals surface area contributed by atoms with E-state index in [-0.39, 0.29) is 31.4 Å². The molecular formula is C27H36F4N2O5S. The van der Waals surface area contributed by atoms with Crippen LogP contribution in [-0.4, -0.2) is 60.7 Å². The number of carbonyl (C=O) groups is 1. The van der Waals surface area contributed by atoms with Gasteiger partial charge in [-0.15, -0.1) is 0 Å². The molecule has 0 bridgehead atoms. The maximum absolute atomic E-state index is 14.0. The molecule has 39 heavy (non-hydrogen) atoms. The van der Waals surface area contributed by atoms with E-state index in [4.69, 9.17) is 5.11 Å². The molecule has 0 heterocycles. The summed E-state index contributed by atoms with van der Waals surface area (Å²) in [6.45, 7) is 5.33. The Morgan fingerprint density at radius 3 is 2.31 bits per heavy atom. The Hall–Kier alpha value is -2.70. The molecule has 2 N–H and O–H groups in total. The van der Waals surface area contributed by atoms with Gasteiger partial charge in [0.2, 0.25) is 10.0 Å². The van der Waals surface area contributed by atoms with Crippen molar-refractivity contribution in [1.82, 2.24) is 4.31 Å². The van der Waals surface area contributed by atoms with Gasteiger partial charge in [0.25, 0.3) is 0 Å². The highest BCUT2D eigenvalue weighted by molar-refractivity contribution is 7.89. The van der Waals surface area contributed by atoms with Gasteiger partial charge in [-0.2, -0.15) is 17.5 Å². The summed E-state index contributed by atoms with van der Waals surface area (Å²) in [5.74, 6) is -1.58. The van der Waals surface area contributed by atoms with Gasteiger partial charge in [0, 0.05) is 37.8 Å². The minimum absolute atomic E-state index is 0.0359. The number of nitrogens with zero attached hydrogens (tertiary/aromatic N) is 2. The highest BCUT2D eigenvalue weighted by Crippen LogP contribution is 2.33. The topological polar surface area (TPSA) is 98.2 Å². The maximum atomic E-state index is 14.0. The Bertz CT molecular complexity index is 1230. The lowest BCUT2D eigenvalue weighted by molar-refractivity contribution is -0.138. The Balaban J connectivity index is 2.32. The van der Waals surface area contributed by atoms with E-state index in [0.717, 1.165) is 29.9 Å². The monoisotopic (exact) mass is 576 g/mol. The van der Waals surface area contributed by atoms with E-state index in [2.05, 4.69) is 0 Å². The molecule has 0 aliphatic rings. The number of aliphatic carboxylic acids is 1. The number of β-amino-alcohol motifs (C(OH)–C–C–N with tert-alkyl or cyclic N) is 1. The molecule has 1 atom stereocenters. The number of sulfonamides is 1.